The van der Waals surface area contributed by atoms with Crippen LogP contribution >= 0.6 is 11.3 Å². The van der Waals surface area contributed by atoms with E-state index in [4.69, 9.17) is 4.98 Å². The number of aryl methyl sites for hydroxylation is 2. The maximum Gasteiger partial charge on any atom is 0.265 e. The van der Waals surface area contributed by atoms with Crippen molar-refractivity contribution in [1.82, 2.24) is 34.0 Å². The van der Waals surface area contributed by atoms with E-state index in [0.29, 0.717) is 80.0 Å². The van der Waals surface area contributed by atoms with E-state index in [9.17, 15) is 24.3 Å². The molecule has 3 aliphatic heterocycles. The van der Waals surface area contributed by atoms with Crippen LogP contribution in [0.15, 0.2) is 72.0 Å². The molecule has 0 saturated carbocycles. The first-order valence-corrected chi connectivity index (χ1v) is 19.0. The summed E-state index contributed by atoms with van der Waals surface area (Å²) in [6.07, 6.45) is 7.27. The Bertz CT molecular complexity index is 2240. The summed E-state index contributed by atoms with van der Waals surface area (Å²) in [6, 6.07) is 15.5. The molecule has 0 aliphatic carbocycles. The van der Waals surface area contributed by atoms with Crippen molar-refractivity contribution >= 4 is 40.1 Å². The first-order chi connectivity index (χ1) is 25.6. The first-order valence-electron chi connectivity index (χ1n) is 18.2. The van der Waals surface area contributed by atoms with E-state index >= 15 is 0 Å². The van der Waals surface area contributed by atoms with Gasteiger partial charge in [0.15, 0.2) is 5.65 Å². The molecule has 4 aromatic heterocycles. The molecular weight excluding hydrogens is 693 g/mol. The van der Waals surface area contributed by atoms with Gasteiger partial charge in [-0.15, -0.1) is 11.3 Å². The summed E-state index contributed by atoms with van der Waals surface area (Å²) in [5.41, 5.74) is 2.42. The van der Waals surface area contributed by atoms with Crippen molar-refractivity contribution in [2.75, 3.05) is 37.7 Å². The quantitative estimate of drug-likeness (QED) is 0.265. The lowest BCUT2D eigenvalue weighted by atomic mass is 9.79. The minimum Gasteiger partial charge on any atom is -0.388 e. The van der Waals surface area contributed by atoms with Gasteiger partial charge < -0.3 is 14.9 Å². The van der Waals surface area contributed by atoms with Gasteiger partial charge in [0.1, 0.15) is 16.2 Å². The van der Waals surface area contributed by atoms with Crippen molar-refractivity contribution in [2.24, 2.45) is 5.92 Å². The molecule has 1 N–H and O–H groups in total. The molecule has 274 valence electrons. The summed E-state index contributed by atoms with van der Waals surface area (Å²) in [6.45, 7) is 5.97. The molecular formula is C39H42N8O5S. The molecule has 5 aromatic rings. The molecule has 14 heteroatoms. The second kappa shape index (κ2) is 14.0. The number of benzene rings is 1. The Labute approximate surface area is 310 Å². The van der Waals surface area contributed by atoms with Crippen molar-refractivity contribution in [3.8, 4) is 10.6 Å². The number of thiazole rings is 1. The lowest BCUT2D eigenvalue weighted by Crippen LogP contribution is -2.53. The average molecular weight is 735 g/mol. The number of piperidine rings is 2. The Balaban J connectivity index is 0.949. The molecule has 13 nitrogen and oxygen atoms in total. The number of amides is 3. The maximum absolute atomic E-state index is 14.3. The topological polar surface area (TPSA) is 147 Å². The Morgan fingerprint density at radius 1 is 0.962 bits per heavy atom. The van der Waals surface area contributed by atoms with Crippen molar-refractivity contribution in [3.63, 3.8) is 0 Å². The molecule has 2 atom stereocenters. The van der Waals surface area contributed by atoms with Gasteiger partial charge in [-0.25, -0.2) is 19.7 Å². The number of hydrogen-bond donors (Lipinski definition) is 1. The molecule has 3 fully saturated rings. The summed E-state index contributed by atoms with van der Waals surface area (Å²) in [7, 11) is 0. The van der Waals surface area contributed by atoms with Crippen molar-refractivity contribution in [2.45, 2.75) is 64.0 Å². The molecule has 1 aromatic carbocycles. The van der Waals surface area contributed by atoms with Crippen LogP contribution in [0.5, 0.6) is 0 Å². The molecule has 0 unspecified atom stereocenters. The van der Waals surface area contributed by atoms with E-state index < -0.39 is 5.60 Å². The molecule has 7 heterocycles. The van der Waals surface area contributed by atoms with Gasteiger partial charge in [0.05, 0.1) is 23.2 Å². The Kier molecular flexibility index (Phi) is 9.19. The van der Waals surface area contributed by atoms with Gasteiger partial charge in [0.2, 0.25) is 11.8 Å². The molecule has 3 amide bonds. The van der Waals surface area contributed by atoms with Gasteiger partial charge in [-0.2, -0.15) is 0 Å². The Morgan fingerprint density at radius 2 is 1.75 bits per heavy atom. The number of likely N-dealkylation sites (tertiary alicyclic amines) is 2. The van der Waals surface area contributed by atoms with Crippen molar-refractivity contribution in [1.29, 1.82) is 0 Å². The number of aliphatic hydroxyl groups is 1. The number of hydrogen-bond acceptors (Lipinski definition) is 9. The zero-order valence-electron chi connectivity index (χ0n) is 29.8. The van der Waals surface area contributed by atoms with E-state index in [2.05, 4.69) is 9.97 Å². The summed E-state index contributed by atoms with van der Waals surface area (Å²) >= 11 is 1.37. The number of fused-ring (bicyclic) bond motifs is 1. The molecule has 0 bridgehead atoms. The minimum absolute atomic E-state index is 0.00459. The Hall–Kier alpha value is -5.21. The normalized spacial score (nSPS) is 20.4. The van der Waals surface area contributed by atoms with Crippen LogP contribution in [-0.4, -0.2) is 95.1 Å². The summed E-state index contributed by atoms with van der Waals surface area (Å²) in [4.78, 5) is 71.9. The number of pyridine rings is 1. The highest BCUT2D eigenvalue weighted by Crippen LogP contribution is 2.37. The predicted octanol–water partition coefficient (Wildman–Crippen LogP) is 3.89. The van der Waals surface area contributed by atoms with E-state index in [0.717, 1.165) is 28.2 Å². The fraction of sp³-hybridized carbons (Fsp3) is 0.410. The van der Waals surface area contributed by atoms with Crippen LogP contribution in [0.25, 0.3) is 21.6 Å². The zero-order chi connectivity index (χ0) is 36.9. The molecule has 8 rings (SSSR count). The predicted molar refractivity (Wildman–Crippen MR) is 200 cm³/mol. The van der Waals surface area contributed by atoms with E-state index in [1.807, 2.05) is 66.1 Å². The van der Waals surface area contributed by atoms with Gasteiger partial charge in [0.25, 0.3) is 11.5 Å². The van der Waals surface area contributed by atoms with Gasteiger partial charge >= 0.3 is 0 Å². The van der Waals surface area contributed by atoms with Crippen LogP contribution in [0.3, 0.4) is 0 Å². The molecule has 3 aliphatic rings. The van der Waals surface area contributed by atoms with Crippen molar-refractivity contribution < 1.29 is 19.5 Å². The largest absolute Gasteiger partial charge is 0.388 e. The highest BCUT2D eigenvalue weighted by Gasteiger charge is 2.42. The third-order valence-electron chi connectivity index (χ3n) is 11.0. The minimum atomic E-state index is -1.20. The molecule has 0 radical (unpaired) electrons. The number of aromatic nitrogens is 5. The number of nitrogens with zero attached hydrogens (tertiary/aromatic N) is 8. The zero-order valence-corrected chi connectivity index (χ0v) is 30.7. The van der Waals surface area contributed by atoms with Crippen molar-refractivity contribution in [3.05, 3.63) is 99.4 Å². The van der Waals surface area contributed by atoms with Crippen LogP contribution in [0.2, 0.25) is 0 Å². The van der Waals surface area contributed by atoms with Gasteiger partial charge in [0, 0.05) is 74.6 Å². The molecule has 3 saturated heterocycles. The van der Waals surface area contributed by atoms with Crippen LogP contribution in [0.4, 0.5) is 0 Å². The standard InChI is InChI=1S/C39H42N8O5S/c1-25-10-11-28(21-40-25)35-42-26(2)33(53-35)38(51)44-17-12-29(31(22-44)27-7-4-3-5-8-27)36(49)43-19-14-39(52,15-20-43)23-45-24-41-34-30(37(45)50)13-18-47(34)46-16-6-9-32(46)48/h3-5,7-8,10-11,13,18,21,24,29,31,52H,6,9,12,14-17,19-20,22-23H2,1-2H3/t29-,31+/m1/s1. The van der Waals surface area contributed by atoms with Gasteiger partial charge in [-0.05, 0) is 63.3 Å². The van der Waals surface area contributed by atoms with Crippen LogP contribution in [0, 0.1) is 19.8 Å². The molecule has 0 spiro atoms. The third kappa shape index (κ3) is 6.65. The highest BCUT2D eigenvalue weighted by molar-refractivity contribution is 7.17. The second-order valence-corrected chi connectivity index (χ2v) is 15.5. The summed E-state index contributed by atoms with van der Waals surface area (Å²) in [5, 5.41) is 14.4. The Morgan fingerprint density at radius 3 is 2.47 bits per heavy atom. The van der Waals surface area contributed by atoms with Crippen LogP contribution in [-0.2, 0) is 16.1 Å². The smallest absolute Gasteiger partial charge is 0.265 e. The number of carbonyl (C=O) groups excluding carboxylic acids is 3. The van der Waals surface area contributed by atoms with E-state index in [-0.39, 0.29) is 41.7 Å². The van der Waals surface area contributed by atoms with Gasteiger partial charge in [-0.1, -0.05) is 30.3 Å². The lowest BCUT2D eigenvalue weighted by Gasteiger charge is -2.43. The van der Waals surface area contributed by atoms with E-state index in [1.54, 1.807) is 28.1 Å². The van der Waals surface area contributed by atoms with Crippen LogP contribution in [0.1, 0.15) is 64.6 Å². The summed E-state index contributed by atoms with van der Waals surface area (Å²) < 4.78 is 3.07. The average Bonchev–Trinajstić information content (AvgIpc) is 3.91. The molecule has 53 heavy (non-hydrogen) atoms. The fourth-order valence-corrected chi connectivity index (χ4v) is 9.01. The highest BCUT2D eigenvalue weighted by atomic mass is 32.1. The maximum atomic E-state index is 14.3. The number of rotatable bonds is 7. The van der Waals surface area contributed by atoms with Gasteiger partial charge in [-0.3, -0.25) is 28.7 Å². The van der Waals surface area contributed by atoms with Crippen LogP contribution < -0.4 is 10.6 Å². The fourth-order valence-electron chi connectivity index (χ4n) is 7.99. The van der Waals surface area contributed by atoms with E-state index in [1.165, 1.54) is 22.2 Å². The monoisotopic (exact) mass is 734 g/mol. The SMILES string of the molecule is Cc1ccc(-c2nc(C)c(C(=O)N3CC[C@@H](C(=O)N4CCC(O)(Cn5cnc6c(ccn6N6CCCC6=O)c5=O)CC4)[C@H](c4ccccc4)C3)s2)cn1. The number of carbonyl (C=O) groups is 3. The third-order valence-corrected chi connectivity index (χ3v) is 12.2. The summed E-state index contributed by atoms with van der Waals surface area (Å²) in [5.74, 6) is -0.588. The first kappa shape index (κ1) is 34.9. The second-order valence-electron chi connectivity index (χ2n) is 14.5. The lowest BCUT2D eigenvalue weighted by molar-refractivity contribution is -0.142.